The highest BCUT2D eigenvalue weighted by Crippen LogP contribution is 2.13. The van der Waals surface area contributed by atoms with Crippen LogP contribution in [0.25, 0.3) is 5.83 Å². The molecule has 0 aliphatic carbocycles. The molecule has 0 fully saturated rings. The molecule has 1 aromatic heterocycles. The van der Waals surface area contributed by atoms with Crippen molar-refractivity contribution in [2.75, 3.05) is 6.54 Å². The third kappa shape index (κ3) is 0.891. The maximum absolute atomic E-state index is 13.5. The molecule has 3 heteroatoms. The average molecular weight is 166 g/mol. The van der Waals surface area contributed by atoms with E-state index in [2.05, 4.69) is 9.98 Å². The first-order valence-electron chi connectivity index (χ1n) is 4.08. The van der Waals surface area contributed by atoms with E-state index in [1.165, 1.54) is 0 Å². The standard InChI is InChI=1S/C9H11FN2/c1-5-3-11-9-7(5)8(10)6(2)4-12-9/h3,6H,4H2,1-2H3,(H,11,12). The average Bonchev–Trinajstić information content (AvgIpc) is 2.41. The molecule has 1 N–H and O–H groups in total. The zero-order chi connectivity index (χ0) is 8.72. The Morgan fingerprint density at radius 3 is 3.17 bits per heavy atom. The summed E-state index contributed by atoms with van der Waals surface area (Å²) in [6.07, 6.45) is 1.80. The summed E-state index contributed by atoms with van der Waals surface area (Å²) in [6.45, 7) is 4.30. The summed E-state index contributed by atoms with van der Waals surface area (Å²) in [7, 11) is 0. The third-order valence-electron chi connectivity index (χ3n) is 2.25. The van der Waals surface area contributed by atoms with E-state index in [1.807, 2.05) is 13.8 Å². The highest BCUT2D eigenvalue weighted by Gasteiger charge is 2.15. The Balaban J connectivity index is 2.88. The van der Waals surface area contributed by atoms with E-state index in [4.69, 9.17) is 0 Å². The number of hydrogen-bond acceptors (Lipinski definition) is 1. The quantitative estimate of drug-likeness (QED) is 0.587. The van der Waals surface area contributed by atoms with Gasteiger partial charge < -0.3 is 4.98 Å². The molecule has 12 heavy (non-hydrogen) atoms. The van der Waals surface area contributed by atoms with Crippen LogP contribution >= 0.6 is 0 Å². The van der Waals surface area contributed by atoms with Crippen LogP contribution < -0.4 is 10.7 Å². The van der Waals surface area contributed by atoms with Gasteiger partial charge in [0.15, 0.2) is 0 Å². The molecule has 0 saturated heterocycles. The van der Waals surface area contributed by atoms with Gasteiger partial charge in [-0.3, -0.25) is 4.99 Å². The summed E-state index contributed by atoms with van der Waals surface area (Å²) < 4.78 is 13.5. The number of fused-ring (bicyclic) bond motifs is 1. The lowest BCUT2D eigenvalue weighted by atomic mass is 10.1. The van der Waals surface area contributed by atoms with Crippen LogP contribution in [0.3, 0.4) is 0 Å². The van der Waals surface area contributed by atoms with Gasteiger partial charge in [0.2, 0.25) is 0 Å². The first kappa shape index (κ1) is 7.53. The number of H-pyrrole nitrogens is 1. The predicted octanol–water partition coefficient (Wildman–Crippen LogP) is 0.670. The van der Waals surface area contributed by atoms with E-state index in [0.29, 0.717) is 17.3 Å². The maximum Gasteiger partial charge on any atom is 0.135 e. The van der Waals surface area contributed by atoms with Crippen molar-refractivity contribution in [1.82, 2.24) is 4.98 Å². The Bertz CT molecular complexity index is 416. The smallest absolute Gasteiger partial charge is 0.135 e. The lowest BCUT2D eigenvalue weighted by Gasteiger charge is -2.08. The second-order valence-electron chi connectivity index (χ2n) is 3.28. The predicted molar refractivity (Wildman–Crippen MR) is 44.9 cm³/mol. The number of rotatable bonds is 0. The van der Waals surface area contributed by atoms with Crippen LogP contribution in [-0.4, -0.2) is 11.5 Å². The molecule has 1 atom stereocenters. The summed E-state index contributed by atoms with van der Waals surface area (Å²) >= 11 is 0. The summed E-state index contributed by atoms with van der Waals surface area (Å²) in [5, 5.41) is 0.675. The minimum absolute atomic E-state index is 0.0289. The number of aromatic amines is 1. The van der Waals surface area contributed by atoms with Gasteiger partial charge in [0.1, 0.15) is 11.3 Å². The molecule has 2 heterocycles. The van der Waals surface area contributed by atoms with E-state index in [9.17, 15) is 4.39 Å². The molecule has 1 unspecified atom stereocenters. The Labute approximate surface area is 69.8 Å². The molecular formula is C9H11FN2. The first-order chi connectivity index (χ1) is 5.70. The van der Waals surface area contributed by atoms with E-state index in [-0.39, 0.29) is 11.7 Å². The van der Waals surface area contributed by atoms with E-state index < -0.39 is 0 Å². The molecule has 0 radical (unpaired) electrons. The van der Waals surface area contributed by atoms with Crippen LogP contribution in [0.1, 0.15) is 12.5 Å². The molecule has 0 aromatic carbocycles. The van der Waals surface area contributed by atoms with Crippen molar-refractivity contribution in [3.63, 3.8) is 0 Å². The van der Waals surface area contributed by atoms with Crippen molar-refractivity contribution >= 4 is 5.83 Å². The zero-order valence-corrected chi connectivity index (χ0v) is 7.19. The fraction of sp³-hybridized carbons (Fsp3) is 0.444. The Morgan fingerprint density at radius 2 is 2.42 bits per heavy atom. The van der Waals surface area contributed by atoms with Gasteiger partial charge in [0.05, 0.1) is 11.8 Å². The molecule has 0 amide bonds. The van der Waals surface area contributed by atoms with Crippen molar-refractivity contribution in [1.29, 1.82) is 0 Å². The van der Waals surface area contributed by atoms with E-state index >= 15 is 0 Å². The van der Waals surface area contributed by atoms with Crippen molar-refractivity contribution in [3.8, 4) is 0 Å². The minimum atomic E-state index is -0.0630. The van der Waals surface area contributed by atoms with Crippen molar-refractivity contribution in [2.45, 2.75) is 13.8 Å². The van der Waals surface area contributed by atoms with Gasteiger partial charge in [-0.2, -0.15) is 0 Å². The monoisotopic (exact) mass is 166 g/mol. The number of aromatic nitrogens is 1. The van der Waals surface area contributed by atoms with Crippen molar-refractivity contribution in [3.05, 3.63) is 22.5 Å². The van der Waals surface area contributed by atoms with Gasteiger partial charge >= 0.3 is 0 Å². The lowest BCUT2D eigenvalue weighted by molar-refractivity contribution is 0.579. The van der Waals surface area contributed by atoms with Gasteiger partial charge in [0.25, 0.3) is 0 Å². The third-order valence-corrected chi connectivity index (χ3v) is 2.25. The number of halogens is 1. The van der Waals surface area contributed by atoms with Gasteiger partial charge in [-0.15, -0.1) is 0 Å². The summed E-state index contributed by atoms with van der Waals surface area (Å²) in [4.78, 5) is 7.18. The maximum atomic E-state index is 13.5. The van der Waals surface area contributed by atoms with Crippen molar-refractivity contribution in [2.24, 2.45) is 10.9 Å². The van der Waals surface area contributed by atoms with Crippen molar-refractivity contribution < 1.29 is 4.39 Å². The first-order valence-corrected chi connectivity index (χ1v) is 4.08. The van der Waals surface area contributed by atoms with Crippen LogP contribution in [0.15, 0.2) is 11.2 Å². The second-order valence-corrected chi connectivity index (χ2v) is 3.28. The largest absolute Gasteiger partial charge is 0.346 e. The Kier molecular flexibility index (Phi) is 1.53. The molecule has 64 valence electrons. The molecule has 1 aromatic rings. The molecule has 2 nitrogen and oxygen atoms in total. The van der Waals surface area contributed by atoms with Gasteiger partial charge in [-0.1, -0.05) is 6.92 Å². The van der Waals surface area contributed by atoms with Gasteiger partial charge in [-0.05, 0) is 12.5 Å². The van der Waals surface area contributed by atoms with Crippen LogP contribution in [0.2, 0.25) is 0 Å². The van der Waals surface area contributed by atoms with Gasteiger partial charge in [-0.25, -0.2) is 4.39 Å². The molecule has 1 aliphatic rings. The van der Waals surface area contributed by atoms with Crippen LogP contribution in [0.4, 0.5) is 4.39 Å². The van der Waals surface area contributed by atoms with Crippen LogP contribution in [0.5, 0.6) is 0 Å². The fourth-order valence-electron chi connectivity index (χ4n) is 1.49. The summed E-state index contributed by atoms with van der Waals surface area (Å²) in [5.41, 5.74) is 1.64. The molecule has 0 saturated carbocycles. The fourth-order valence-corrected chi connectivity index (χ4v) is 1.49. The molecular weight excluding hydrogens is 155 g/mol. The highest BCUT2D eigenvalue weighted by molar-refractivity contribution is 5.41. The SMILES string of the molecule is Cc1c[nH]c2c1=C(F)C(C)CN=2. The molecule has 2 rings (SSSR count). The number of aryl methyl sites for hydroxylation is 1. The normalized spacial score (nSPS) is 21.9. The Hall–Kier alpha value is -1.12. The van der Waals surface area contributed by atoms with Gasteiger partial charge in [0, 0.05) is 12.1 Å². The summed E-state index contributed by atoms with van der Waals surface area (Å²) in [6, 6.07) is 0. The number of nitrogens with zero attached hydrogens (tertiary/aromatic N) is 1. The highest BCUT2D eigenvalue weighted by atomic mass is 19.1. The second kappa shape index (κ2) is 2.44. The van der Waals surface area contributed by atoms with E-state index in [1.54, 1.807) is 6.20 Å². The lowest BCUT2D eigenvalue weighted by Crippen LogP contribution is -2.33. The molecule has 0 spiro atoms. The van der Waals surface area contributed by atoms with Crippen LogP contribution in [-0.2, 0) is 0 Å². The number of nitrogens with one attached hydrogen (secondary N) is 1. The molecule has 1 aliphatic heterocycles. The summed E-state index contributed by atoms with van der Waals surface area (Å²) in [5.74, 6) is -0.0919. The topological polar surface area (TPSA) is 28.1 Å². The van der Waals surface area contributed by atoms with Crippen LogP contribution in [0, 0.1) is 12.8 Å². The minimum Gasteiger partial charge on any atom is -0.346 e. The molecule has 0 bridgehead atoms. The number of hydrogen-bond donors (Lipinski definition) is 1. The zero-order valence-electron chi connectivity index (χ0n) is 7.19. The van der Waals surface area contributed by atoms with E-state index in [0.717, 1.165) is 5.56 Å². The Morgan fingerprint density at radius 1 is 1.67 bits per heavy atom.